The van der Waals surface area contributed by atoms with Crippen LogP contribution in [0.15, 0.2) is 173 Å². The van der Waals surface area contributed by atoms with Gasteiger partial charge in [0.1, 0.15) is 54.9 Å². The molecule has 0 fully saturated rings. The van der Waals surface area contributed by atoms with Crippen molar-refractivity contribution in [1.29, 1.82) is 0 Å². The zero-order valence-corrected chi connectivity index (χ0v) is 66.0. The van der Waals surface area contributed by atoms with E-state index in [9.17, 15) is 91.4 Å². The van der Waals surface area contributed by atoms with Gasteiger partial charge in [0.2, 0.25) is 29.6 Å². The number of aliphatic carboxylic acids is 2. The van der Waals surface area contributed by atoms with E-state index in [0.717, 1.165) is 16.3 Å². The molecule has 0 spiro atoms. The van der Waals surface area contributed by atoms with E-state index in [1.807, 2.05) is 24.3 Å². The molecular weight excluding hydrogens is 1610 g/mol. The molecule has 0 radical (unpaired) electrons. The molecule has 10 rings (SSSR count). The number of aldehydes is 3. The first-order valence-electron chi connectivity index (χ1n) is 36.5. The summed E-state index contributed by atoms with van der Waals surface area (Å²) in [4.78, 5) is 199. The number of oxime groups is 1. The minimum Gasteiger partial charge on any atom is -0.480 e. The molecular formula is C80H91F2N22O19+. The standard InChI is InChI=1S/C31H33FN10O7.C24H30N10O7.C10H14NO.C7H5FO.C7H5NO3.CH4/c1-17(12-35-25(44)16-49-37-13-18-2-6-20(32)7-3-18)38-24(43)11-10-23(30(47)48)40-28(45)19-4-8-21(9-5-19)34-14-22-15-36-27-26(39-22)29(46)42-31(33)41-27;1-12(8-28-18(36)11-41-26)30-17(35)7-6-16(23(39)40)32-21(37)13-2-4-14(5-3-13)27-9-15-10-29-20-19(31-15)22(38)34-24(25)33-20;1-11(2,3)10-6-4-9(8-12)5-7-10;8-7-3-1-6(5-9)2-4-7;9-5-6-1-3-7(4-2-6)8(10)11;/h2-9,13,15,17,23,34H,10-12,14,16H2,1H3,(H,35,44)(H,38,43)(H,40,45)(H,47,48)(H3,33,36,41,42,46);2-5,10,12,16,27H,6-9,11,26H2,1H3,(H,28,36)(H,30,35)(H,32,37)(H,39,40)(H3,25,29,33,34,38);4-8H,1-3H3;1-5H;1-5H;1H4/q;;+1;;;/b37-13+;;;;;/t17-,23+;12-,16+;;;;/m11..../s1/i32-1;;;8-1;;. The molecule has 0 saturated heterocycles. The average molecular weight is 1700 g/mol. The van der Waals surface area contributed by atoms with Crippen LogP contribution in [-0.4, -0.2) is 199 Å². The number of halogens is 2. The van der Waals surface area contributed by atoms with Gasteiger partial charge in [-0.3, -0.25) is 82.1 Å². The Bertz CT molecular complexity index is 5420. The van der Waals surface area contributed by atoms with Crippen LogP contribution < -0.4 is 75.5 Å². The monoisotopic (exact) mass is 1700 g/mol. The minimum absolute atomic E-state index is 0. The van der Waals surface area contributed by atoms with Gasteiger partial charge in [-0.15, -0.1) is 0 Å². The number of nitrogens with zero attached hydrogens (tertiary/aromatic N) is 9. The lowest BCUT2D eigenvalue weighted by Gasteiger charge is -2.23. The minimum atomic E-state index is -1.34. The van der Waals surface area contributed by atoms with E-state index < -0.39 is 87.6 Å². The maximum atomic E-state index is 12.9. The van der Waals surface area contributed by atoms with Crippen molar-refractivity contribution < 1.29 is 86.3 Å². The molecule has 648 valence electrons. The van der Waals surface area contributed by atoms with Gasteiger partial charge in [-0.25, -0.2) is 44.2 Å². The van der Waals surface area contributed by atoms with E-state index in [4.69, 9.17) is 22.2 Å². The summed E-state index contributed by atoms with van der Waals surface area (Å²) in [6.07, 6.45) is 5.71. The van der Waals surface area contributed by atoms with Crippen molar-refractivity contribution in [2.75, 3.05) is 69.5 Å². The zero-order valence-electron chi connectivity index (χ0n) is 66.0. The summed E-state index contributed by atoms with van der Waals surface area (Å²) >= 11 is 0. The number of rotatable bonds is 35. The molecule has 18 N–H and O–H groups in total. The number of nitrogens with two attached hydrogens (primary N) is 3. The Morgan fingerprint density at radius 2 is 0.919 bits per heavy atom. The van der Waals surface area contributed by atoms with Crippen molar-refractivity contribution in [2.24, 2.45) is 11.1 Å². The van der Waals surface area contributed by atoms with Crippen LogP contribution in [0.3, 0.4) is 0 Å². The van der Waals surface area contributed by atoms with E-state index in [1.54, 1.807) is 38.1 Å². The second kappa shape index (κ2) is 49.5. The Morgan fingerprint density at radius 3 is 1.28 bits per heavy atom. The summed E-state index contributed by atoms with van der Waals surface area (Å²) in [6.45, 7) is 3.22. The largest absolute Gasteiger partial charge is 0.480 e. The molecule has 0 unspecified atom stereocenters. The van der Waals surface area contributed by atoms with Crippen molar-refractivity contribution in [3.63, 3.8) is 0 Å². The van der Waals surface area contributed by atoms with Gasteiger partial charge in [0.05, 0.1) is 69.2 Å². The highest BCUT2D eigenvalue weighted by Gasteiger charge is 2.25. The number of nitro benzene ring substituents is 1. The van der Waals surface area contributed by atoms with Crippen LogP contribution in [0.5, 0.6) is 0 Å². The van der Waals surface area contributed by atoms with Crippen molar-refractivity contribution in [3.05, 3.63) is 245 Å². The molecule has 0 bridgehead atoms. The number of nitrogen functional groups attached to an aromatic ring is 2. The van der Waals surface area contributed by atoms with Gasteiger partial charge in [0, 0.05) is 89.3 Å². The molecule has 0 saturated carbocycles. The third-order valence-electron chi connectivity index (χ3n) is 16.4. The Balaban J connectivity index is 0.000000320. The molecule has 6 amide bonds. The Morgan fingerprint density at radius 1 is 0.545 bits per heavy atom. The molecule has 4 atom stereocenters. The molecule has 41 nitrogen and oxygen atoms in total. The maximum absolute atomic E-state index is 12.9. The van der Waals surface area contributed by atoms with Gasteiger partial charge < -0.3 is 69.1 Å². The Kier molecular flexibility index (Phi) is 39.4. The van der Waals surface area contributed by atoms with E-state index in [-0.39, 0.29) is 135 Å². The van der Waals surface area contributed by atoms with Crippen molar-refractivity contribution >= 4 is 129 Å². The van der Waals surface area contributed by atoms with Crippen LogP contribution in [0, 0.1) is 21.7 Å². The second-order valence-corrected chi connectivity index (χ2v) is 26.9. The van der Waals surface area contributed by atoms with Crippen LogP contribution in [0.2, 0.25) is 0 Å². The topological polar surface area (TPSA) is 620 Å². The molecule has 43 heteroatoms. The number of benzene rings is 6. The van der Waals surface area contributed by atoms with E-state index in [1.165, 1.54) is 121 Å². The van der Waals surface area contributed by atoms with E-state index in [2.05, 4.69) is 114 Å². The van der Waals surface area contributed by atoms with Gasteiger partial charge in [-0.1, -0.05) is 24.7 Å². The van der Waals surface area contributed by atoms with Gasteiger partial charge >= 0.3 is 11.9 Å². The fourth-order valence-corrected chi connectivity index (χ4v) is 9.99. The second-order valence-electron chi connectivity index (χ2n) is 26.9. The van der Waals surface area contributed by atoms with Crippen molar-refractivity contribution in [3.8, 4) is 0 Å². The van der Waals surface area contributed by atoms with Crippen LogP contribution >= 0.6 is 0 Å². The normalized spacial score (nSPS) is 11.5. The number of fused-ring (bicyclic) bond motifs is 2. The number of aromatic amines is 2. The van der Waals surface area contributed by atoms with E-state index in [0.29, 0.717) is 52.0 Å². The first kappa shape index (κ1) is 97.9. The molecule has 123 heavy (non-hydrogen) atoms. The third-order valence-corrected chi connectivity index (χ3v) is 16.4. The fourth-order valence-electron chi connectivity index (χ4n) is 9.99. The number of carboxylic acids is 2. The molecule has 6 aromatic carbocycles. The number of aromatic nitrogens is 8. The van der Waals surface area contributed by atoms with Gasteiger partial charge in [0.25, 0.3) is 34.5 Å². The predicted molar refractivity (Wildman–Crippen MR) is 448 cm³/mol. The number of carboxylic acid groups (broad SMARTS) is 2. The third kappa shape index (κ3) is 34.8. The van der Waals surface area contributed by atoms with Crippen LogP contribution in [0.4, 0.5) is 43.4 Å². The zero-order chi connectivity index (χ0) is 89.4. The number of carbonyl (C=O) groups excluding carboxylic acids is 9. The molecule has 4 aromatic heterocycles. The average Bonchev–Trinajstić information content (AvgIpc) is 0.812. The number of H-pyrrole nitrogens is 2. The highest BCUT2D eigenvalue weighted by Crippen LogP contribution is 2.19. The van der Waals surface area contributed by atoms with Gasteiger partial charge in [-0.2, -0.15) is 9.97 Å². The summed E-state index contributed by atoms with van der Waals surface area (Å²) in [5.41, 5.74) is 16.3. The van der Waals surface area contributed by atoms with Crippen molar-refractivity contribution in [2.45, 2.75) is 84.2 Å². The lowest BCUT2D eigenvalue weighted by Crippen LogP contribution is -2.44. The van der Waals surface area contributed by atoms with Crippen LogP contribution in [0.1, 0.15) is 116 Å². The summed E-state index contributed by atoms with van der Waals surface area (Å²) in [5, 5.41) is 54.2. The molecule has 0 aliphatic rings. The number of quaternary nitrogens is 1. The first-order chi connectivity index (χ1) is 58.1. The highest BCUT2D eigenvalue weighted by atomic mass is 18.2. The van der Waals surface area contributed by atoms with Gasteiger partial charge in [-0.05, 0) is 154 Å². The number of non-ortho nitro benzene ring substituents is 1. The molecule has 10 aromatic rings. The number of anilines is 4. The summed E-state index contributed by atoms with van der Waals surface area (Å²) < 4.78 is 25.8. The number of amides is 6. The summed E-state index contributed by atoms with van der Waals surface area (Å²) in [7, 11) is 6.28. The predicted octanol–water partition coefficient (Wildman–Crippen LogP) is 4.44. The molecule has 4 heterocycles. The molecule has 0 aliphatic carbocycles. The first-order valence-corrected chi connectivity index (χ1v) is 36.5. The molecule has 0 aliphatic heterocycles. The lowest BCUT2D eigenvalue weighted by molar-refractivity contribution is -0.384. The maximum Gasteiger partial charge on any atom is 0.326 e. The summed E-state index contributed by atoms with van der Waals surface area (Å²) in [6, 6.07) is 32.8. The number of hydrogen-bond acceptors (Lipinski definition) is 29. The number of nitrogens with one attached hydrogen (secondary N) is 10. The van der Waals surface area contributed by atoms with Crippen molar-refractivity contribution in [1.82, 2.24) is 76.3 Å². The Hall–Kier alpha value is -15.7. The number of nitro groups is 1. The Labute approximate surface area is 699 Å². The lowest BCUT2D eigenvalue weighted by atomic mass is 10.1. The smallest absolute Gasteiger partial charge is 0.326 e. The van der Waals surface area contributed by atoms with E-state index >= 15 is 0 Å². The SMILES string of the molecule is C.C[C@H](CNC(=O)CO/N=C/c1ccc([18F])cc1)NC(=O)CC[C@H](NC(=O)c1ccc(NCc2cnc3nc(N)[nH]c(=O)c3n2)cc1)C(=O)O.C[C@H](CNC(=O)CON)NC(=O)CC[C@H](NC(=O)c1ccc(NCc2cnc3nc(N)[nH]c(=O)c3n2)cc1)C(=O)O.C[N+](C)(C)c1ccc(C=O)cc1.O=Cc1ccc([18F])cc1.O=Cc1ccc([N+](=O)[O-])cc1. The quantitative estimate of drug-likeness (QED) is 0.00858. The van der Waals surface area contributed by atoms with Gasteiger partial charge in [0.15, 0.2) is 28.9 Å². The number of carbonyl (C=O) groups is 11. The van der Waals surface area contributed by atoms with Crippen LogP contribution in [-0.2, 0) is 51.5 Å². The summed E-state index contributed by atoms with van der Waals surface area (Å²) in [5.74, 6) is -1.76. The highest BCUT2D eigenvalue weighted by molar-refractivity contribution is 5.98. The fraction of sp³-hybridized carbons (Fsp3) is 0.250. The number of hydrogen-bond donors (Lipinski definition) is 15. The van der Waals surface area contributed by atoms with Crippen LogP contribution in [0.25, 0.3) is 22.3 Å².